The van der Waals surface area contributed by atoms with Crippen LogP contribution in [0.4, 0.5) is 0 Å². The Hall–Kier alpha value is -2.02. The summed E-state index contributed by atoms with van der Waals surface area (Å²) in [6.45, 7) is 1.19. The highest BCUT2D eigenvalue weighted by Gasteiger charge is 2.42. The zero-order valence-corrected chi connectivity index (χ0v) is 16.2. The number of carbonyl (C=O) groups is 1. The minimum atomic E-state index is -0.553. The van der Waals surface area contributed by atoms with Crippen molar-refractivity contribution in [3.05, 3.63) is 65.7 Å². The number of methoxy groups -OCH3 is 1. The van der Waals surface area contributed by atoms with Crippen molar-refractivity contribution < 1.29 is 14.3 Å². The molecule has 2 saturated heterocycles. The number of benzene rings is 2. The molecule has 5 nitrogen and oxygen atoms in total. The first-order chi connectivity index (χ1) is 13.3. The average molecular weight is 385 g/mol. The van der Waals surface area contributed by atoms with Crippen molar-refractivity contribution in [2.45, 2.75) is 24.8 Å². The zero-order valence-electron chi connectivity index (χ0n) is 15.3. The van der Waals surface area contributed by atoms with Crippen LogP contribution in [0, 0.1) is 0 Å². The van der Waals surface area contributed by atoms with E-state index >= 15 is 0 Å². The van der Waals surface area contributed by atoms with Gasteiger partial charge >= 0.3 is 0 Å². The van der Waals surface area contributed by atoms with E-state index in [4.69, 9.17) is 9.47 Å². The van der Waals surface area contributed by atoms with Gasteiger partial charge in [0.1, 0.15) is 5.75 Å². The molecule has 0 unspecified atom stereocenters. The predicted molar refractivity (Wildman–Crippen MR) is 107 cm³/mol. The van der Waals surface area contributed by atoms with Gasteiger partial charge in [0.25, 0.3) is 5.91 Å². The van der Waals surface area contributed by atoms with Crippen LogP contribution in [0.3, 0.4) is 0 Å². The van der Waals surface area contributed by atoms with Gasteiger partial charge in [0.2, 0.25) is 0 Å². The number of carbonyl (C=O) groups excluding carboxylic acids is 1. The molecule has 2 aliphatic heterocycles. The van der Waals surface area contributed by atoms with E-state index in [2.05, 4.69) is 5.32 Å². The summed E-state index contributed by atoms with van der Waals surface area (Å²) in [5.41, 5.74) is 2.10. The van der Waals surface area contributed by atoms with Crippen LogP contribution in [0.5, 0.6) is 5.75 Å². The Morgan fingerprint density at radius 3 is 2.67 bits per heavy atom. The van der Waals surface area contributed by atoms with Gasteiger partial charge in [-0.1, -0.05) is 42.5 Å². The van der Waals surface area contributed by atoms with Gasteiger partial charge in [-0.15, -0.1) is 11.8 Å². The summed E-state index contributed by atoms with van der Waals surface area (Å²) in [6, 6.07) is 17.9. The molecule has 0 spiro atoms. The topological polar surface area (TPSA) is 50.8 Å². The standard InChI is InChI=1S/C21H24N2O3S/c1-25-18-9-7-16(8-10-18)19-20(26-12-15-5-3-2-4-6-15)21(24)23-14-27-13-17(23)11-22-19/h2-10,17,19-20,22H,11-14H2,1H3/t17-,19+,20-/m1/s1. The van der Waals surface area contributed by atoms with Crippen LogP contribution in [0.2, 0.25) is 0 Å². The molecule has 0 aliphatic carbocycles. The van der Waals surface area contributed by atoms with Crippen molar-refractivity contribution in [2.75, 3.05) is 25.3 Å². The number of nitrogens with one attached hydrogen (secondary N) is 1. The van der Waals surface area contributed by atoms with Crippen LogP contribution in [-0.4, -0.2) is 48.2 Å². The summed E-state index contributed by atoms with van der Waals surface area (Å²) in [4.78, 5) is 15.2. The molecule has 0 bridgehead atoms. The van der Waals surface area contributed by atoms with E-state index in [1.165, 1.54) is 0 Å². The highest BCUT2D eigenvalue weighted by molar-refractivity contribution is 7.99. The first-order valence-electron chi connectivity index (χ1n) is 9.17. The molecular weight excluding hydrogens is 360 g/mol. The molecule has 2 aromatic carbocycles. The maximum atomic E-state index is 13.3. The Labute approximate surface area is 164 Å². The summed E-state index contributed by atoms with van der Waals surface area (Å²) in [5, 5.41) is 3.58. The van der Waals surface area contributed by atoms with Crippen molar-refractivity contribution in [3.63, 3.8) is 0 Å². The number of ether oxygens (including phenoxy) is 2. The second-order valence-corrected chi connectivity index (χ2v) is 7.84. The minimum Gasteiger partial charge on any atom is -0.497 e. The van der Waals surface area contributed by atoms with E-state index in [0.29, 0.717) is 6.61 Å². The van der Waals surface area contributed by atoms with Crippen LogP contribution >= 0.6 is 11.8 Å². The van der Waals surface area contributed by atoms with E-state index in [0.717, 1.165) is 35.1 Å². The lowest BCUT2D eigenvalue weighted by atomic mass is 10.0. The number of hydrogen-bond acceptors (Lipinski definition) is 5. The van der Waals surface area contributed by atoms with Gasteiger partial charge in [-0.25, -0.2) is 0 Å². The van der Waals surface area contributed by atoms with Crippen molar-refractivity contribution in [1.82, 2.24) is 10.2 Å². The zero-order chi connectivity index (χ0) is 18.6. The second kappa shape index (κ2) is 8.33. The van der Waals surface area contributed by atoms with Gasteiger partial charge < -0.3 is 19.7 Å². The third-order valence-corrected chi connectivity index (χ3v) is 6.21. The highest BCUT2D eigenvalue weighted by Crippen LogP contribution is 2.31. The lowest BCUT2D eigenvalue weighted by molar-refractivity contribution is -0.145. The Balaban J connectivity index is 1.59. The van der Waals surface area contributed by atoms with Crippen LogP contribution in [-0.2, 0) is 16.1 Å². The summed E-state index contributed by atoms with van der Waals surface area (Å²) in [7, 11) is 1.65. The number of rotatable bonds is 5. The first-order valence-corrected chi connectivity index (χ1v) is 10.3. The molecular formula is C21H24N2O3S. The van der Waals surface area contributed by atoms with Crippen LogP contribution in [0.1, 0.15) is 17.2 Å². The lowest BCUT2D eigenvalue weighted by Crippen LogP contribution is -2.43. The monoisotopic (exact) mass is 384 g/mol. The highest BCUT2D eigenvalue weighted by atomic mass is 32.2. The Bertz CT molecular complexity index is 769. The summed E-state index contributed by atoms with van der Waals surface area (Å²) in [5.74, 6) is 2.59. The molecule has 3 atom stereocenters. The quantitative estimate of drug-likeness (QED) is 0.859. The van der Waals surface area contributed by atoms with E-state index in [9.17, 15) is 4.79 Å². The molecule has 1 N–H and O–H groups in total. The normalized spacial score (nSPS) is 25.1. The number of amides is 1. The predicted octanol–water partition coefficient (Wildman–Crippen LogP) is 2.83. The minimum absolute atomic E-state index is 0.0757. The molecule has 27 heavy (non-hydrogen) atoms. The molecule has 142 valence electrons. The number of hydrogen-bond donors (Lipinski definition) is 1. The van der Waals surface area contributed by atoms with Crippen LogP contribution < -0.4 is 10.1 Å². The molecule has 0 saturated carbocycles. The first kappa shape index (κ1) is 18.3. The summed E-state index contributed by atoms with van der Waals surface area (Å²) in [6.07, 6.45) is -0.553. The smallest absolute Gasteiger partial charge is 0.254 e. The van der Waals surface area contributed by atoms with Gasteiger partial charge in [-0.2, -0.15) is 0 Å². The number of thioether (sulfide) groups is 1. The average Bonchev–Trinajstić information content (AvgIpc) is 3.15. The SMILES string of the molecule is COc1ccc([C@@H]2NC[C@@H]3CSCN3C(=O)[C@@H]2OCc2ccccc2)cc1. The van der Waals surface area contributed by atoms with Crippen molar-refractivity contribution >= 4 is 17.7 Å². The fourth-order valence-corrected chi connectivity index (χ4v) is 4.81. The molecule has 2 fully saturated rings. The molecule has 1 amide bonds. The molecule has 6 heteroatoms. The third-order valence-electron chi connectivity index (χ3n) is 5.13. The van der Waals surface area contributed by atoms with Gasteiger partial charge in [0.15, 0.2) is 6.10 Å². The third kappa shape index (κ3) is 3.98. The van der Waals surface area contributed by atoms with Crippen molar-refractivity contribution in [1.29, 1.82) is 0 Å². The molecule has 2 aliphatic rings. The summed E-state index contributed by atoms with van der Waals surface area (Å²) < 4.78 is 11.5. The van der Waals surface area contributed by atoms with Gasteiger partial charge in [0.05, 0.1) is 31.7 Å². The number of fused-ring (bicyclic) bond motifs is 1. The fraction of sp³-hybridized carbons (Fsp3) is 0.381. The molecule has 2 heterocycles. The Kier molecular flexibility index (Phi) is 5.66. The van der Waals surface area contributed by atoms with Crippen LogP contribution in [0.15, 0.2) is 54.6 Å². The molecule has 4 rings (SSSR count). The fourth-order valence-electron chi connectivity index (χ4n) is 3.60. The summed E-state index contributed by atoms with van der Waals surface area (Å²) >= 11 is 1.80. The second-order valence-electron chi connectivity index (χ2n) is 6.84. The molecule has 2 aromatic rings. The maximum absolute atomic E-state index is 13.3. The van der Waals surface area contributed by atoms with Gasteiger partial charge in [0, 0.05) is 12.3 Å². The van der Waals surface area contributed by atoms with Gasteiger partial charge in [-0.3, -0.25) is 4.79 Å². The molecule has 0 radical (unpaired) electrons. The Morgan fingerprint density at radius 2 is 1.93 bits per heavy atom. The van der Waals surface area contributed by atoms with E-state index in [1.807, 2.05) is 59.5 Å². The Morgan fingerprint density at radius 1 is 1.15 bits per heavy atom. The largest absolute Gasteiger partial charge is 0.497 e. The van der Waals surface area contributed by atoms with Crippen molar-refractivity contribution in [3.8, 4) is 5.75 Å². The lowest BCUT2D eigenvalue weighted by Gasteiger charge is -2.27. The number of nitrogens with zero attached hydrogens (tertiary/aromatic N) is 1. The van der Waals surface area contributed by atoms with Crippen molar-refractivity contribution in [2.24, 2.45) is 0 Å². The maximum Gasteiger partial charge on any atom is 0.254 e. The van der Waals surface area contributed by atoms with E-state index in [-0.39, 0.29) is 18.0 Å². The molecule has 0 aromatic heterocycles. The van der Waals surface area contributed by atoms with Crippen LogP contribution in [0.25, 0.3) is 0 Å². The van der Waals surface area contributed by atoms with E-state index in [1.54, 1.807) is 18.9 Å². The van der Waals surface area contributed by atoms with Gasteiger partial charge in [-0.05, 0) is 23.3 Å². The van der Waals surface area contributed by atoms with E-state index < -0.39 is 6.10 Å².